The molecule has 0 aliphatic heterocycles. The Kier molecular flexibility index (Phi) is 6.68. The second kappa shape index (κ2) is 9.17. The van der Waals surface area contributed by atoms with Gasteiger partial charge in [-0.25, -0.2) is 0 Å². The normalized spacial score (nSPS) is 11.1. The summed E-state index contributed by atoms with van der Waals surface area (Å²) in [5.74, 6) is -0.371. The molecule has 6 nitrogen and oxygen atoms in total. The zero-order valence-corrected chi connectivity index (χ0v) is 14.4. The van der Waals surface area contributed by atoms with Crippen LogP contribution in [0.2, 0.25) is 0 Å². The Morgan fingerprint density at radius 1 is 1.00 bits per heavy atom. The predicted molar refractivity (Wildman–Crippen MR) is 97.8 cm³/mol. The Hall–Kier alpha value is -3.41. The minimum atomic E-state index is -0.758. The van der Waals surface area contributed by atoms with Crippen molar-refractivity contribution in [3.05, 3.63) is 78.4 Å². The van der Waals surface area contributed by atoms with Crippen LogP contribution in [0, 0.1) is 0 Å². The van der Waals surface area contributed by atoms with Crippen molar-refractivity contribution in [3.8, 4) is 5.75 Å². The van der Waals surface area contributed by atoms with Gasteiger partial charge in [-0.1, -0.05) is 36.9 Å². The number of ether oxygens (including phenoxy) is 1. The summed E-state index contributed by atoms with van der Waals surface area (Å²) >= 11 is 0. The van der Waals surface area contributed by atoms with Gasteiger partial charge in [0.05, 0.1) is 6.67 Å². The third-order valence-electron chi connectivity index (χ3n) is 3.55. The molecule has 1 atom stereocenters. The summed E-state index contributed by atoms with van der Waals surface area (Å²) < 4.78 is 5.54. The van der Waals surface area contributed by atoms with Gasteiger partial charge in [-0.2, -0.15) is 0 Å². The standard InChI is InChI=1S/C20H20N2O4/c1-3-18(23)21-13-22-20(25)14(2)26-17-11-9-16(10-12-17)19(24)15-7-5-4-6-8-15/h3-12,14H,1,13H2,2H3,(H,21,23)(H,22,25). The highest BCUT2D eigenvalue weighted by molar-refractivity contribution is 6.09. The molecular formula is C20H20N2O4. The van der Waals surface area contributed by atoms with Crippen molar-refractivity contribution < 1.29 is 19.1 Å². The highest BCUT2D eigenvalue weighted by Crippen LogP contribution is 2.16. The van der Waals surface area contributed by atoms with Gasteiger partial charge in [-0.05, 0) is 37.3 Å². The number of nitrogens with one attached hydrogen (secondary N) is 2. The van der Waals surface area contributed by atoms with Gasteiger partial charge in [0.2, 0.25) is 5.91 Å². The van der Waals surface area contributed by atoms with Crippen LogP contribution in [0.3, 0.4) is 0 Å². The summed E-state index contributed by atoms with van der Waals surface area (Å²) in [7, 11) is 0. The molecular weight excluding hydrogens is 332 g/mol. The molecule has 2 aromatic rings. The Labute approximate surface area is 151 Å². The Bertz CT molecular complexity index is 785. The largest absolute Gasteiger partial charge is 0.481 e. The molecule has 134 valence electrons. The molecule has 0 aromatic heterocycles. The molecule has 0 bridgehead atoms. The first-order chi connectivity index (χ1) is 12.5. The monoisotopic (exact) mass is 352 g/mol. The van der Waals surface area contributed by atoms with Crippen LogP contribution in [0.5, 0.6) is 5.75 Å². The zero-order valence-electron chi connectivity index (χ0n) is 14.4. The minimum absolute atomic E-state index is 0.0120. The van der Waals surface area contributed by atoms with Crippen LogP contribution in [0.4, 0.5) is 0 Å². The van der Waals surface area contributed by atoms with Crippen molar-refractivity contribution in [1.29, 1.82) is 0 Å². The fraction of sp³-hybridized carbons (Fsp3) is 0.150. The number of hydrogen-bond acceptors (Lipinski definition) is 4. The first-order valence-corrected chi connectivity index (χ1v) is 8.05. The maximum Gasteiger partial charge on any atom is 0.262 e. The summed E-state index contributed by atoms with van der Waals surface area (Å²) in [6.45, 7) is 4.89. The van der Waals surface area contributed by atoms with Crippen LogP contribution < -0.4 is 15.4 Å². The number of carbonyl (C=O) groups is 3. The molecule has 0 heterocycles. The van der Waals surface area contributed by atoms with Crippen LogP contribution >= 0.6 is 0 Å². The summed E-state index contributed by atoms with van der Waals surface area (Å²) in [5, 5.41) is 4.96. The smallest absolute Gasteiger partial charge is 0.262 e. The molecule has 2 amide bonds. The Morgan fingerprint density at radius 2 is 1.62 bits per heavy atom. The Balaban J connectivity index is 1.90. The second-order valence-corrected chi connectivity index (χ2v) is 5.44. The van der Waals surface area contributed by atoms with Crippen molar-refractivity contribution in [2.45, 2.75) is 13.0 Å². The number of benzene rings is 2. The number of hydrogen-bond donors (Lipinski definition) is 2. The summed E-state index contributed by atoms with van der Waals surface area (Å²) in [6.07, 6.45) is 0.357. The van der Waals surface area contributed by atoms with Gasteiger partial charge in [0.25, 0.3) is 5.91 Å². The fourth-order valence-electron chi connectivity index (χ4n) is 2.13. The van der Waals surface area contributed by atoms with E-state index in [9.17, 15) is 14.4 Å². The highest BCUT2D eigenvalue weighted by Gasteiger charge is 2.15. The molecule has 1 unspecified atom stereocenters. The van der Waals surface area contributed by atoms with E-state index in [2.05, 4.69) is 17.2 Å². The van der Waals surface area contributed by atoms with Gasteiger partial charge >= 0.3 is 0 Å². The predicted octanol–water partition coefficient (Wildman–Crippen LogP) is 2.06. The topological polar surface area (TPSA) is 84.5 Å². The quantitative estimate of drug-likeness (QED) is 0.433. The van der Waals surface area contributed by atoms with Crippen LogP contribution in [0.25, 0.3) is 0 Å². The van der Waals surface area contributed by atoms with E-state index in [1.54, 1.807) is 43.3 Å². The molecule has 2 N–H and O–H groups in total. The van der Waals surface area contributed by atoms with E-state index in [-0.39, 0.29) is 24.3 Å². The molecule has 0 saturated heterocycles. The molecule has 0 aliphatic carbocycles. The number of amides is 2. The van der Waals surface area contributed by atoms with E-state index >= 15 is 0 Å². The lowest BCUT2D eigenvalue weighted by molar-refractivity contribution is -0.127. The van der Waals surface area contributed by atoms with E-state index in [4.69, 9.17) is 4.74 Å². The van der Waals surface area contributed by atoms with Crippen molar-refractivity contribution in [2.24, 2.45) is 0 Å². The van der Waals surface area contributed by atoms with Crippen LogP contribution in [0.15, 0.2) is 67.3 Å². The third kappa shape index (κ3) is 5.31. The SMILES string of the molecule is C=CC(=O)NCNC(=O)C(C)Oc1ccc(C(=O)c2ccccc2)cc1. The third-order valence-corrected chi connectivity index (χ3v) is 3.55. The number of carbonyl (C=O) groups excluding carboxylic acids is 3. The second-order valence-electron chi connectivity index (χ2n) is 5.44. The lowest BCUT2D eigenvalue weighted by Crippen LogP contribution is -2.42. The Morgan fingerprint density at radius 3 is 2.23 bits per heavy atom. The van der Waals surface area contributed by atoms with Gasteiger partial charge in [0.15, 0.2) is 11.9 Å². The van der Waals surface area contributed by atoms with Gasteiger partial charge in [-0.15, -0.1) is 0 Å². The van der Waals surface area contributed by atoms with Crippen molar-refractivity contribution in [2.75, 3.05) is 6.67 Å². The molecule has 0 spiro atoms. The highest BCUT2D eigenvalue weighted by atomic mass is 16.5. The first kappa shape index (κ1) is 18.9. The summed E-state index contributed by atoms with van der Waals surface area (Å²) in [5.41, 5.74) is 1.14. The van der Waals surface area contributed by atoms with Gasteiger partial charge in [0.1, 0.15) is 5.75 Å². The van der Waals surface area contributed by atoms with E-state index in [0.29, 0.717) is 16.9 Å². The molecule has 0 fully saturated rings. The molecule has 0 radical (unpaired) electrons. The fourth-order valence-corrected chi connectivity index (χ4v) is 2.13. The summed E-state index contributed by atoms with van der Waals surface area (Å²) in [4.78, 5) is 35.3. The van der Waals surface area contributed by atoms with Crippen molar-refractivity contribution in [1.82, 2.24) is 10.6 Å². The molecule has 2 rings (SSSR count). The van der Waals surface area contributed by atoms with Gasteiger partial charge in [0, 0.05) is 11.1 Å². The van der Waals surface area contributed by atoms with Crippen molar-refractivity contribution >= 4 is 17.6 Å². The van der Waals surface area contributed by atoms with E-state index < -0.39 is 6.10 Å². The average Bonchev–Trinajstić information content (AvgIpc) is 2.68. The summed E-state index contributed by atoms with van der Waals surface area (Å²) in [6, 6.07) is 15.6. The molecule has 0 aliphatic rings. The van der Waals surface area contributed by atoms with Gasteiger partial charge < -0.3 is 15.4 Å². The van der Waals surface area contributed by atoms with E-state index in [1.165, 1.54) is 0 Å². The van der Waals surface area contributed by atoms with E-state index in [0.717, 1.165) is 6.08 Å². The molecule has 0 saturated carbocycles. The van der Waals surface area contributed by atoms with Crippen LogP contribution in [-0.4, -0.2) is 30.4 Å². The maximum atomic E-state index is 12.3. The average molecular weight is 352 g/mol. The number of rotatable bonds is 8. The first-order valence-electron chi connectivity index (χ1n) is 8.05. The lowest BCUT2D eigenvalue weighted by Gasteiger charge is -2.15. The van der Waals surface area contributed by atoms with Crippen LogP contribution in [0.1, 0.15) is 22.8 Å². The van der Waals surface area contributed by atoms with E-state index in [1.807, 2.05) is 18.2 Å². The van der Waals surface area contributed by atoms with Gasteiger partial charge in [-0.3, -0.25) is 14.4 Å². The lowest BCUT2D eigenvalue weighted by atomic mass is 10.0. The van der Waals surface area contributed by atoms with Crippen molar-refractivity contribution in [3.63, 3.8) is 0 Å². The minimum Gasteiger partial charge on any atom is -0.481 e. The maximum absolute atomic E-state index is 12.3. The van der Waals surface area contributed by atoms with Crippen LogP contribution in [-0.2, 0) is 9.59 Å². The molecule has 2 aromatic carbocycles. The zero-order chi connectivity index (χ0) is 18.9. The molecule has 26 heavy (non-hydrogen) atoms. The number of ketones is 1. The molecule has 6 heteroatoms.